The van der Waals surface area contributed by atoms with Crippen LogP contribution in [0.4, 0.5) is 13.2 Å². The minimum absolute atomic E-state index is 0.0192. The smallest absolute Gasteiger partial charge is 0.311 e. The van der Waals surface area contributed by atoms with Gasteiger partial charge in [0.2, 0.25) is 0 Å². The van der Waals surface area contributed by atoms with Gasteiger partial charge in [-0.1, -0.05) is 31.5 Å². The number of alkyl halides is 3. The maximum atomic E-state index is 13.4. The molecule has 3 aromatic rings. The third-order valence-electron chi connectivity index (χ3n) is 4.46. The topological polar surface area (TPSA) is 43.6 Å². The zero-order valence-corrected chi connectivity index (χ0v) is 15.4. The first-order valence-electron chi connectivity index (χ1n) is 8.34. The van der Waals surface area contributed by atoms with Crippen LogP contribution in [0.1, 0.15) is 44.0 Å². The van der Waals surface area contributed by atoms with Gasteiger partial charge in [0.1, 0.15) is 0 Å². The van der Waals surface area contributed by atoms with Crippen molar-refractivity contribution in [2.45, 2.75) is 45.8 Å². The van der Waals surface area contributed by atoms with Gasteiger partial charge in [-0.2, -0.15) is 13.2 Å². The fourth-order valence-corrected chi connectivity index (χ4v) is 3.26. The SMILES string of the molecule is CCC(CC)n1cnc2nc(-c3ccc(Cl)cc3C(F)(F)F)c(C)nc21. The molecule has 0 bridgehead atoms. The lowest BCUT2D eigenvalue weighted by Gasteiger charge is -2.16. The average molecular weight is 383 g/mol. The van der Waals surface area contributed by atoms with Crippen molar-refractivity contribution in [2.24, 2.45) is 0 Å². The number of aromatic nitrogens is 4. The highest BCUT2D eigenvalue weighted by atomic mass is 35.5. The Bertz CT molecular complexity index is 945. The van der Waals surface area contributed by atoms with Crippen LogP contribution >= 0.6 is 11.6 Å². The number of halogens is 4. The van der Waals surface area contributed by atoms with Crippen molar-refractivity contribution < 1.29 is 13.2 Å². The Labute approximate surface area is 154 Å². The second-order valence-corrected chi connectivity index (χ2v) is 6.55. The molecular formula is C18H18ClF3N4. The van der Waals surface area contributed by atoms with Crippen LogP contribution in [-0.4, -0.2) is 19.5 Å². The molecule has 26 heavy (non-hydrogen) atoms. The van der Waals surface area contributed by atoms with Gasteiger partial charge < -0.3 is 4.57 Å². The summed E-state index contributed by atoms with van der Waals surface area (Å²) in [5.41, 5.74) is 0.615. The molecular weight excluding hydrogens is 365 g/mol. The van der Waals surface area contributed by atoms with Crippen LogP contribution in [0.5, 0.6) is 0 Å². The van der Waals surface area contributed by atoms with Gasteiger partial charge in [0.25, 0.3) is 0 Å². The van der Waals surface area contributed by atoms with Crippen LogP contribution in [0.2, 0.25) is 5.02 Å². The van der Waals surface area contributed by atoms with Crippen molar-refractivity contribution >= 4 is 22.9 Å². The van der Waals surface area contributed by atoms with Crippen LogP contribution in [-0.2, 0) is 6.18 Å². The number of hydrogen-bond acceptors (Lipinski definition) is 3. The number of hydrogen-bond donors (Lipinski definition) is 0. The summed E-state index contributed by atoms with van der Waals surface area (Å²) in [6, 6.07) is 3.87. The molecule has 0 aliphatic carbocycles. The summed E-state index contributed by atoms with van der Waals surface area (Å²) >= 11 is 5.76. The van der Waals surface area contributed by atoms with Crippen molar-refractivity contribution in [3.8, 4) is 11.3 Å². The highest BCUT2D eigenvalue weighted by Crippen LogP contribution is 2.39. The molecule has 8 heteroatoms. The van der Waals surface area contributed by atoms with E-state index >= 15 is 0 Å². The average Bonchev–Trinajstić information content (AvgIpc) is 2.97. The van der Waals surface area contributed by atoms with Crippen molar-refractivity contribution in [3.63, 3.8) is 0 Å². The van der Waals surface area contributed by atoms with E-state index in [0.717, 1.165) is 18.9 Å². The summed E-state index contributed by atoms with van der Waals surface area (Å²) in [5, 5.41) is 0.0192. The highest BCUT2D eigenvalue weighted by molar-refractivity contribution is 6.30. The van der Waals surface area contributed by atoms with E-state index in [2.05, 4.69) is 28.8 Å². The van der Waals surface area contributed by atoms with Crippen LogP contribution < -0.4 is 0 Å². The lowest BCUT2D eigenvalue weighted by molar-refractivity contribution is -0.137. The molecule has 3 rings (SSSR count). The van der Waals surface area contributed by atoms with E-state index in [1.807, 2.05) is 4.57 Å². The third kappa shape index (κ3) is 3.28. The summed E-state index contributed by atoms with van der Waals surface area (Å²) in [6.45, 7) is 5.79. The minimum Gasteiger partial charge on any atom is -0.311 e. The van der Waals surface area contributed by atoms with Gasteiger partial charge >= 0.3 is 6.18 Å². The minimum atomic E-state index is -4.54. The molecule has 0 atom stereocenters. The van der Waals surface area contributed by atoms with Gasteiger partial charge in [0, 0.05) is 16.6 Å². The number of benzene rings is 1. The molecule has 1 aromatic carbocycles. The zero-order chi connectivity index (χ0) is 19.1. The van der Waals surface area contributed by atoms with E-state index in [1.165, 1.54) is 12.1 Å². The molecule has 4 nitrogen and oxygen atoms in total. The maximum absolute atomic E-state index is 13.4. The summed E-state index contributed by atoms with van der Waals surface area (Å²) in [5.74, 6) is 0. The Balaban J connectivity index is 2.21. The first-order chi connectivity index (χ1) is 12.3. The lowest BCUT2D eigenvalue weighted by Crippen LogP contribution is -2.10. The predicted molar refractivity (Wildman–Crippen MR) is 95.1 cm³/mol. The largest absolute Gasteiger partial charge is 0.417 e. The molecule has 0 unspecified atom stereocenters. The van der Waals surface area contributed by atoms with Crippen molar-refractivity contribution in [2.75, 3.05) is 0 Å². The molecule has 0 N–H and O–H groups in total. The Morgan fingerprint density at radius 2 is 1.85 bits per heavy atom. The van der Waals surface area contributed by atoms with Crippen LogP contribution in [0, 0.1) is 6.92 Å². The van der Waals surface area contributed by atoms with Gasteiger partial charge in [-0.15, -0.1) is 0 Å². The number of imidazole rings is 1. The number of aryl methyl sites for hydroxylation is 1. The number of nitrogens with zero attached hydrogens (tertiary/aromatic N) is 4. The monoisotopic (exact) mass is 382 g/mol. The van der Waals surface area contributed by atoms with Crippen molar-refractivity contribution in [1.29, 1.82) is 0 Å². The van der Waals surface area contributed by atoms with E-state index in [9.17, 15) is 13.2 Å². The molecule has 0 saturated carbocycles. The first kappa shape index (κ1) is 18.6. The lowest BCUT2D eigenvalue weighted by atomic mass is 10.0. The molecule has 0 amide bonds. The van der Waals surface area contributed by atoms with Gasteiger partial charge in [0.15, 0.2) is 11.3 Å². The Morgan fingerprint density at radius 3 is 2.46 bits per heavy atom. The molecule has 2 heterocycles. The summed E-state index contributed by atoms with van der Waals surface area (Å²) < 4.78 is 42.2. The molecule has 0 saturated heterocycles. The molecule has 0 fully saturated rings. The Hall–Kier alpha value is -2.15. The molecule has 0 aliphatic heterocycles. The van der Waals surface area contributed by atoms with Gasteiger partial charge in [0.05, 0.1) is 23.3 Å². The normalized spacial score (nSPS) is 12.3. The van der Waals surface area contributed by atoms with E-state index < -0.39 is 11.7 Å². The Morgan fingerprint density at radius 1 is 1.15 bits per heavy atom. The standard InChI is InChI=1S/C18H18ClF3N4/c1-4-12(5-2)26-9-23-16-17(26)24-10(3)15(25-16)13-7-6-11(19)8-14(13)18(20,21)22/h6-9,12H,4-5H2,1-3H3. The first-order valence-corrected chi connectivity index (χ1v) is 8.72. The molecule has 0 aliphatic rings. The highest BCUT2D eigenvalue weighted by Gasteiger charge is 2.35. The van der Waals surface area contributed by atoms with Gasteiger partial charge in [-0.25, -0.2) is 15.0 Å². The summed E-state index contributed by atoms with van der Waals surface area (Å²) in [4.78, 5) is 13.1. The summed E-state index contributed by atoms with van der Waals surface area (Å²) in [7, 11) is 0. The van der Waals surface area contributed by atoms with Crippen LogP contribution in [0.25, 0.3) is 22.6 Å². The predicted octanol–water partition coefficient (Wildman–Crippen LogP) is 5.84. The molecule has 2 aromatic heterocycles. The van der Waals surface area contributed by atoms with Crippen LogP contribution in [0.3, 0.4) is 0 Å². The molecule has 0 spiro atoms. The van der Waals surface area contributed by atoms with E-state index in [-0.39, 0.29) is 22.3 Å². The zero-order valence-electron chi connectivity index (χ0n) is 14.6. The number of fused-ring (bicyclic) bond motifs is 1. The summed E-state index contributed by atoms with van der Waals surface area (Å²) in [6.07, 6.45) is -1.09. The second-order valence-electron chi connectivity index (χ2n) is 6.11. The molecule has 138 valence electrons. The van der Waals surface area contributed by atoms with Crippen LogP contribution in [0.15, 0.2) is 24.5 Å². The number of rotatable bonds is 4. The van der Waals surface area contributed by atoms with E-state index in [4.69, 9.17) is 11.6 Å². The van der Waals surface area contributed by atoms with Gasteiger partial charge in [-0.3, -0.25) is 0 Å². The van der Waals surface area contributed by atoms with Crippen molar-refractivity contribution in [1.82, 2.24) is 19.5 Å². The third-order valence-corrected chi connectivity index (χ3v) is 4.70. The fourth-order valence-electron chi connectivity index (χ4n) is 3.09. The molecule has 0 radical (unpaired) electrons. The van der Waals surface area contributed by atoms with Gasteiger partial charge in [-0.05, 0) is 31.9 Å². The maximum Gasteiger partial charge on any atom is 0.417 e. The van der Waals surface area contributed by atoms with E-state index in [0.29, 0.717) is 17.0 Å². The fraction of sp³-hybridized carbons (Fsp3) is 0.389. The Kier molecular flexibility index (Phi) is 4.92. The van der Waals surface area contributed by atoms with E-state index in [1.54, 1.807) is 13.3 Å². The second kappa shape index (κ2) is 6.87. The quantitative estimate of drug-likeness (QED) is 0.569. The van der Waals surface area contributed by atoms with Crippen molar-refractivity contribution in [3.05, 3.63) is 40.8 Å².